The highest BCUT2D eigenvalue weighted by molar-refractivity contribution is 7.96. The summed E-state index contributed by atoms with van der Waals surface area (Å²) in [6, 6.07) is 4.12. The van der Waals surface area contributed by atoms with Crippen LogP contribution in [0.2, 0.25) is 0 Å². The van der Waals surface area contributed by atoms with Crippen LogP contribution in [0.25, 0.3) is 0 Å². The van der Waals surface area contributed by atoms with Gasteiger partial charge in [0.2, 0.25) is 0 Å². The van der Waals surface area contributed by atoms with Crippen LogP contribution in [-0.2, 0) is 11.2 Å². The van der Waals surface area contributed by atoms with E-state index in [4.69, 9.17) is 4.74 Å². The second-order valence-electron chi connectivity index (χ2n) is 7.89. The van der Waals surface area contributed by atoms with Crippen LogP contribution < -0.4 is 10.3 Å². The first-order valence-corrected chi connectivity index (χ1v) is 11.4. The van der Waals surface area contributed by atoms with Crippen LogP contribution in [0.3, 0.4) is 0 Å². The third-order valence-electron chi connectivity index (χ3n) is 6.27. The monoisotopic (exact) mass is 389 g/mol. The number of ether oxygens (including phenoxy) is 1. The van der Waals surface area contributed by atoms with Crippen molar-refractivity contribution >= 4 is 11.9 Å². The zero-order valence-corrected chi connectivity index (χ0v) is 17.5. The molecule has 3 rings (SSSR count). The van der Waals surface area contributed by atoms with Crippen molar-refractivity contribution in [3.63, 3.8) is 0 Å². The van der Waals surface area contributed by atoms with Gasteiger partial charge in [-0.3, -0.25) is 9.52 Å². The molecule has 148 valence electrons. The zero-order valence-electron chi connectivity index (χ0n) is 16.7. The number of fused-ring (bicyclic) bond motifs is 1. The molecule has 0 spiro atoms. The Bertz CT molecular complexity index is 747. The van der Waals surface area contributed by atoms with Crippen molar-refractivity contribution in [2.24, 2.45) is 5.92 Å². The summed E-state index contributed by atoms with van der Waals surface area (Å²) in [5.74, 6) is 0.842. The summed E-state index contributed by atoms with van der Waals surface area (Å²) in [7, 11) is 0. The van der Waals surface area contributed by atoms with Crippen LogP contribution in [0.1, 0.15) is 68.3 Å². The average molecular weight is 390 g/mol. The highest BCUT2D eigenvalue weighted by Gasteiger charge is 2.33. The Hall–Kier alpha value is -1.29. The van der Waals surface area contributed by atoms with Crippen LogP contribution in [0, 0.1) is 24.2 Å². The lowest BCUT2D eigenvalue weighted by Crippen LogP contribution is -2.47. The third-order valence-corrected chi connectivity index (χ3v) is 6.81. The smallest absolute Gasteiger partial charge is 0.254 e. The van der Waals surface area contributed by atoms with Gasteiger partial charge in [0.05, 0.1) is 24.3 Å². The molecule has 0 saturated heterocycles. The Labute approximate surface area is 166 Å². The van der Waals surface area contributed by atoms with Gasteiger partial charge in [0.25, 0.3) is 5.56 Å². The van der Waals surface area contributed by atoms with Crippen LogP contribution >= 0.6 is 11.9 Å². The number of aromatic nitrogens is 1. The van der Waals surface area contributed by atoms with E-state index < -0.39 is 0 Å². The van der Waals surface area contributed by atoms with Gasteiger partial charge in [0, 0.05) is 17.3 Å². The molecule has 1 fully saturated rings. The van der Waals surface area contributed by atoms with Crippen molar-refractivity contribution < 1.29 is 4.74 Å². The number of nitrogens with one attached hydrogen (secondary N) is 1. The van der Waals surface area contributed by atoms with Gasteiger partial charge in [-0.2, -0.15) is 5.26 Å². The van der Waals surface area contributed by atoms with E-state index >= 15 is 0 Å². The number of pyridine rings is 1. The quantitative estimate of drug-likeness (QED) is 0.751. The molecular formula is C21H31N3O2S. The van der Waals surface area contributed by atoms with Gasteiger partial charge < -0.3 is 9.30 Å². The van der Waals surface area contributed by atoms with Crippen LogP contribution in [0.15, 0.2) is 10.9 Å². The maximum Gasteiger partial charge on any atom is 0.254 e. The molecule has 1 saturated carbocycles. The van der Waals surface area contributed by atoms with E-state index in [0.717, 1.165) is 37.3 Å². The summed E-state index contributed by atoms with van der Waals surface area (Å²) >= 11 is 1.59. The van der Waals surface area contributed by atoms with Crippen LogP contribution in [0.5, 0.6) is 0 Å². The van der Waals surface area contributed by atoms with Crippen molar-refractivity contribution in [1.82, 2.24) is 9.29 Å². The normalized spacial score (nSPS) is 27.8. The van der Waals surface area contributed by atoms with Crippen molar-refractivity contribution in [2.75, 3.05) is 12.9 Å². The highest BCUT2D eigenvalue weighted by atomic mass is 32.2. The summed E-state index contributed by atoms with van der Waals surface area (Å²) in [5.41, 5.74) is 2.15. The van der Waals surface area contributed by atoms with Crippen LogP contribution in [-0.4, -0.2) is 29.6 Å². The fourth-order valence-corrected chi connectivity index (χ4v) is 5.17. The van der Waals surface area contributed by atoms with E-state index in [9.17, 15) is 10.1 Å². The fraction of sp³-hybridized carbons (Fsp3) is 0.714. The summed E-state index contributed by atoms with van der Waals surface area (Å²) in [4.78, 5) is 12.9. The van der Waals surface area contributed by atoms with Gasteiger partial charge in [-0.1, -0.05) is 25.3 Å². The summed E-state index contributed by atoms with van der Waals surface area (Å²) < 4.78 is 11.6. The minimum atomic E-state index is -0.0652. The Morgan fingerprint density at radius 1 is 1.33 bits per heavy atom. The van der Waals surface area contributed by atoms with Gasteiger partial charge in [0.1, 0.15) is 6.07 Å². The van der Waals surface area contributed by atoms with E-state index in [-0.39, 0.29) is 17.6 Å². The molecule has 1 aromatic heterocycles. The summed E-state index contributed by atoms with van der Waals surface area (Å²) in [6.07, 6.45) is 9.94. The minimum absolute atomic E-state index is 0.0138. The maximum atomic E-state index is 12.9. The fourth-order valence-electron chi connectivity index (χ4n) is 4.59. The van der Waals surface area contributed by atoms with Gasteiger partial charge >= 0.3 is 0 Å². The highest BCUT2D eigenvalue weighted by Crippen LogP contribution is 2.31. The molecule has 1 aromatic rings. The van der Waals surface area contributed by atoms with Gasteiger partial charge in [-0.15, -0.1) is 0 Å². The van der Waals surface area contributed by atoms with E-state index in [1.54, 1.807) is 24.9 Å². The van der Waals surface area contributed by atoms with E-state index in [2.05, 4.69) is 17.7 Å². The Balaban J connectivity index is 1.83. The van der Waals surface area contributed by atoms with Crippen molar-refractivity contribution in [3.8, 4) is 6.07 Å². The zero-order chi connectivity index (χ0) is 19.4. The lowest BCUT2D eigenvalue weighted by molar-refractivity contribution is -0.00680. The second kappa shape index (κ2) is 9.27. The predicted molar refractivity (Wildman–Crippen MR) is 110 cm³/mol. The summed E-state index contributed by atoms with van der Waals surface area (Å²) in [6.45, 7) is 4.60. The lowest BCUT2D eigenvalue weighted by Gasteiger charge is -2.37. The van der Waals surface area contributed by atoms with E-state index in [1.165, 1.54) is 19.3 Å². The standard InChI is InChI=1S/C21H31N3O2S/c1-4-15-5-7-17(8-6-15)26-13-20-18(23-27-3)9-10-19-16(12-22)11-14(2)21(25)24(19)20/h11,15,17-18,20,23H,4-10,13H2,1-3H3. The van der Waals surface area contributed by atoms with Gasteiger partial charge in [0.15, 0.2) is 0 Å². The predicted octanol–water partition coefficient (Wildman–Crippen LogP) is 3.74. The molecule has 2 aliphatic rings. The Morgan fingerprint density at radius 2 is 2.07 bits per heavy atom. The van der Waals surface area contributed by atoms with Crippen molar-refractivity contribution in [2.45, 2.75) is 77.0 Å². The summed E-state index contributed by atoms with van der Waals surface area (Å²) in [5, 5.41) is 9.53. The first-order valence-electron chi connectivity index (χ1n) is 10.1. The number of hydrogen-bond acceptors (Lipinski definition) is 5. The largest absolute Gasteiger partial charge is 0.376 e. The molecule has 6 heteroatoms. The second-order valence-corrected chi connectivity index (χ2v) is 8.54. The molecule has 0 aromatic carbocycles. The molecule has 5 nitrogen and oxygen atoms in total. The molecule has 27 heavy (non-hydrogen) atoms. The minimum Gasteiger partial charge on any atom is -0.376 e. The van der Waals surface area contributed by atoms with Gasteiger partial charge in [-0.25, -0.2) is 0 Å². The molecule has 2 unspecified atom stereocenters. The number of aryl methyl sites for hydroxylation is 1. The maximum absolute atomic E-state index is 12.9. The van der Waals surface area contributed by atoms with Crippen LogP contribution in [0.4, 0.5) is 0 Å². The number of hydrogen-bond donors (Lipinski definition) is 1. The lowest BCUT2D eigenvalue weighted by atomic mass is 9.86. The van der Waals surface area contributed by atoms with Crippen molar-refractivity contribution in [1.29, 1.82) is 5.26 Å². The molecule has 1 N–H and O–H groups in total. The van der Waals surface area contributed by atoms with E-state index in [0.29, 0.717) is 23.8 Å². The molecule has 0 radical (unpaired) electrons. The molecule has 2 atom stereocenters. The molecule has 0 bridgehead atoms. The molecule has 1 aliphatic heterocycles. The number of rotatable bonds is 6. The van der Waals surface area contributed by atoms with Gasteiger partial charge in [-0.05, 0) is 63.7 Å². The van der Waals surface area contributed by atoms with Crippen molar-refractivity contribution in [3.05, 3.63) is 33.2 Å². The molecular weight excluding hydrogens is 358 g/mol. The topological polar surface area (TPSA) is 67.0 Å². The first kappa shape index (κ1) is 20.4. The Morgan fingerprint density at radius 3 is 2.70 bits per heavy atom. The molecule has 2 heterocycles. The molecule has 0 amide bonds. The SMILES string of the molecule is CCC1CCC(OCC2C(NSC)CCc3c(C#N)cc(C)c(=O)n32)CC1. The average Bonchev–Trinajstić information content (AvgIpc) is 2.70. The van der Waals surface area contributed by atoms with E-state index in [1.807, 2.05) is 10.8 Å². The third kappa shape index (κ3) is 4.42. The number of nitrogens with zero attached hydrogens (tertiary/aromatic N) is 2. The number of nitriles is 1. The Kier molecular flexibility index (Phi) is 7.02. The first-order chi connectivity index (χ1) is 13.1. The molecule has 1 aliphatic carbocycles.